The molecule has 0 aromatic heterocycles. The number of hydrogen-bond acceptors (Lipinski definition) is 3. The fraction of sp³-hybridized carbons (Fsp3) is 0.0714. The summed E-state index contributed by atoms with van der Waals surface area (Å²) in [6.07, 6.45) is 0. The first-order valence-corrected chi connectivity index (χ1v) is 7.46. The zero-order chi connectivity index (χ0) is 14.6. The van der Waals surface area contributed by atoms with Crippen molar-refractivity contribution in [2.24, 2.45) is 0 Å². The van der Waals surface area contributed by atoms with E-state index in [2.05, 4.69) is 0 Å². The lowest BCUT2D eigenvalue weighted by Gasteiger charge is -2.07. The van der Waals surface area contributed by atoms with Crippen molar-refractivity contribution in [2.75, 3.05) is 0 Å². The molecule has 4 nitrogen and oxygen atoms in total. The number of benzene rings is 2. The van der Waals surface area contributed by atoms with Gasteiger partial charge in [0.15, 0.2) is 0 Å². The number of carbonyl (C=O) groups excluding carboxylic acids is 1. The highest BCUT2D eigenvalue weighted by Gasteiger charge is 2.16. The molecule has 0 aliphatic rings. The molecule has 1 amide bonds. The first-order valence-electron chi connectivity index (χ1n) is 5.80. The van der Waals surface area contributed by atoms with Gasteiger partial charge in [-0.1, -0.05) is 36.4 Å². The molecule has 0 aliphatic carbocycles. The van der Waals surface area contributed by atoms with Crippen LogP contribution in [0.15, 0.2) is 54.6 Å². The number of rotatable bonds is 4. The molecule has 0 heterocycles. The average Bonchev–Trinajstić information content (AvgIpc) is 2.38. The van der Waals surface area contributed by atoms with Crippen LogP contribution in [0.3, 0.4) is 0 Å². The maximum absolute atomic E-state index is 13.0. The largest absolute Gasteiger partial charge is 0.268 e. The minimum absolute atomic E-state index is 0.0402. The van der Waals surface area contributed by atoms with Crippen molar-refractivity contribution in [2.45, 2.75) is 5.75 Å². The molecule has 6 heteroatoms. The minimum Gasteiger partial charge on any atom is -0.268 e. The summed E-state index contributed by atoms with van der Waals surface area (Å²) in [6, 6.07) is 13.3. The van der Waals surface area contributed by atoms with Crippen LogP contribution in [0.4, 0.5) is 4.39 Å². The molecule has 1 N–H and O–H groups in total. The molecule has 0 atom stereocenters. The van der Waals surface area contributed by atoms with Gasteiger partial charge in [-0.2, -0.15) is 0 Å². The number of hydrogen-bond donors (Lipinski definition) is 1. The van der Waals surface area contributed by atoms with Crippen molar-refractivity contribution >= 4 is 15.9 Å². The second-order valence-corrected chi connectivity index (χ2v) is 5.91. The number of nitrogens with one attached hydrogen (secondary N) is 1. The summed E-state index contributed by atoms with van der Waals surface area (Å²) in [6.45, 7) is 0. The quantitative estimate of drug-likeness (QED) is 0.938. The van der Waals surface area contributed by atoms with E-state index in [0.29, 0.717) is 5.56 Å². The Hall–Kier alpha value is -2.21. The van der Waals surface area contributed by atoms with E-state index in [9.17, 15) is 17.6 Å². The third-order valence-corrected chi connectivity index (χ3v) is 3.74. The Morgan fingerprint density at radius 3 is 2.40 bits per heavy atom. The Kier molecular flexibility index (Phi) is 4.14. The van der Waals surface area contributed by atoms with E-state index < -0.39 is 21.7 Å². The van der Waals surface area contributed by atoms with E-state index in [-0.39, 0.29) is 11.3 Å². The molecule has 2 aromatic carbocycles. The molecule has 0 radical (unpaired) electrons. The van der Waals surface area contributed by atoms with Gasteiger partial charge in [0, 0.05) is 5.56 Å². The van der Waals surface area contributed by atoms with Gasteiger partial charge in [0.1, 0.15) is 5.82 Å². The smallest absolute Gasteiger partial charge is 0.264 e. The summed E-state index contributed by atoms with van der Waals surface area (Å²) in [4.78, 5) is 11.7. The second kappa shape index (κ2) is 5.83. The Morgan fingerprint density at radius 2 is 1.75 bits per heavy atom. The van der Waals surface area contributed by atoms with Crippen LogP contribution in [0.1, 0.15) is 15.9 Å². The molecule has 2 rings (SSSR count). The van der Waals surface area contributed by atoms with Gasteiger partial charge in [0.2, 0.25) is 10.0 Å². The molecule has 0 unspecified atom stereocenters. The maximum Gasteiger partial charge on any atom is 0.264 e. The second-order valence-electron chi connectivity index (χ2n) is 4.19. The van der Waals surface area contributed by atoms with Gasteiger partial charge in [0.05, 0.1) is 5.75 Å². The summed E-state index contributed by atoms with van der Waals surface area (Å²) in [5, 5.41) is 0. The SMILES string of the molecule is O=C(NS(=O)(=O)Cc1ccccc1)c1cccc(F)c1. The van der Waals surface area contributed by atoms with Gasteiger partial charge in [-0.15, -0.1) is 0 Å². The van der Waals surface area contributed by atoms with Gasteiger partial charge >= 0.3 is 0 Å². The minimum atomic E-state index is -3.82. The first kappa shape index (κ1) is 14.2. The summed E-state index contributed by atoms with van der Waals surface area (Å²) in [5.41, 5.74) is 0.522. The van der Waals surface area contributed by atoms with Gasteiger partial charge < -0.3 is 0 Å². The Labute approximate surface area is 116 Å². The van der Waals surface area contributed by atoms with Crippen LogP contribution >= 0.6 is 0 Å². The van der Waals surface area contributed by atoms with Crippen molar-refractivity contribution in [1.29, 1.82) is 0 Å². The lowest BCUT2D eigenvalue weighted by atomic mass is 10.2. The predicted octanol–water partition coefficient (Wildman–Crippen LogP) is 2.09. The lowest BCUT2D eigenvalue weighted by Crippen LogP contribution is -2.31. The molecule has 0 aliphatic heterocycles. The van der Waals surface area contributed by atoms with E-state index in [1.165, 1.54) is 18.2 Å². The van der Waals surface area contributed by atoms with Crippen LogP contribution in [0, 0.1) is 5.82 Å². The van der Waals surface area contributed by atoms with Crippen LogP contribution < -0.4 is 4.72 Å². The van der Waals surface area contributed by atoms with Gasteiger partial charge in [-0.05, 0) is 23.8 Å². The molecule has 0 saturated carbocycles. The monoisotopic (exact) mass is 293 g/mol. The Morgan fingerprint density at radius 1 is 1.05 bits per heavy atom. The number of amides is 1. The molecule has 0 spiro atoms. The zero-order valence-electron chi connectivity index (χ0n) is 10.4. The molecular weight excluding hydrogens is 281 g/mol. The molecule has 104 valence electrons. The van der Waals surface area contributed by atoms with E-state index >= 15 is 0 Å². The summed E-state index contributed by atoms with van der Waals surface area (Å²) >= 11 is 0. The van der Waals surface area contributed by atoms with E-state index in [1.807, 2.05) is 4.72 Å². The third-order valence-electron chi connectivity index (χ3n) is 2.53. The van der Waals surface area contributed by atoms with Crippen LogP contribution in [-0.2, 0) is 15.8 Å². The van der Waals surface area contributed by atoms with Gasteiger partial charge in [-0.25, -0.2) is 17.5 Å². The highest BCUT2D eigenvalue weighted by molar-refractivity contribution is 7.89. The number of carbonyl (C=O) groups is 1. The van der Waals surface area contributed by atoms with E-state index in [4.69, 9.17) is 0 Å². The van der Waals surface area contributed by atoms with Crippen molar-refractivity contribution in [1.82, 2.24) is 4.72 Å². The van der Waals surface area contributed by atoms with Crippen LogP contribution in [0.5, 0.6) is 0 Å². The van der Waals surface area contributed by atoms with Gasteiger partial charge in [-0.3, -0.25) is 4.79 Å². The van der Waals surface area contributed by atoms with Gasteiger partial charge in [0.25, 0.3) is 5.91 Å². The standard InChI is InChI=1S/C14H12FNO3S/c15-13-8-4-7-12(9-13)14(17)16-20(18,19)10-11-5-2-1-3-6-11/h1-9H,10H2,(H,16,17). The first-order chi connectivity index (χ1) is 9.46. The topological polar surface area (TPSA) is 63.2 Å². The van der Waals surface area contributed by atoms with Crippen LogP contribution in [0.2, 0.25) is 0 Å². The third kappa shape index (κ3) is 3.89. The molecule has 0 bridgehead atoms. The number of sulfonamides is 1. The van der Waals surface area contributed by atoms with Crippen molar-refractivity contribution in [3.63, 3.8) is 0 Å². The molecular formula is C14H12FNO3S. The van der Waals surface area contributed by atoms with E-state index in [0.717, 1.165) is 6.07 Å². The molecule has 0 saturated heterocycles. The molecule has 0 fully saturated rings. The van der Waals surface area contributed by atoms with Crippen molar-refractivity contribution in [3.05, 3.63) is 71.5 Å². The average molecular weight is 293 g/mol. The molecule has 2 aromatic rings. The fourth-order valence-electron chi connectivity index (χ4n) is 1.66. The zero-order valence-corrected chi connectivity index (χ0v) is 11.2. The van der Waals surface area contributed by atoms with Crippen LogP contribution in [0.25, 0.3) is 0 Å². The van der Waals surface area contributed by atoms with Crippen molar-refractivity contribution < 1.29 is 17.6 Å². The Bertz CT molecular complexity index is 714. The van der Waals surface area contributed by atoms with E-state index in [1.54, 1.807) is 30.3 Å². The summed E-state index contributed by atoms with van der Waals surface area (Å²) < 4.78 is 38.6. The maximum atomic E-state index is 13.0. The summed E-state index contributed by atoms with van der Waals surface area (Å²) in [7, 11) is -3.82. The fourth-order valence-corrected chi connectivity index (χ4v) is 2.76. The number of halogens is 1. The normalized spacial score (nSPS) is 11.1. The highest BCUT2D eigenvalue weighted by atomic mass is 32.2. The van der Waals surface area contributed by atoms with Crippen LogP contribution in [-0.4, -0.2) is 14.3 Å². The van der Waals surface area contributed by atoms with Crippen molar-refractivity contribution in [3.8, 4) is 0 Å². The predicted molar refractivity (Wildman–Crippen MR) is 72.9 cm³/mol. The lowest BCUT2D eigenvalue weighted by molar-refractivity contribution is 0.0981. The summed E-state index contributed by atoms with van der Waals surface area (Å²) in [5.74, 6) is -1.76. The highest BCUT2D eigenvalue weighted by Crippen LogP contribution is 2.07. The molecule has 20 heavy (non-hydrogen) atoms. The Balaban J connectivity index is 2.10.